The second-order valence-corrected chi connectivity index (χ2v) is 4.60. The molecule has 0 aliphatic rings. The Morgan fingerprint density at radius 2 is 1.88 bits per heavy atom. The van der Waals surface area contributed by atoms with Gasteiger partial charge in [-0.3, -0.25) is 0 Å². The maximum absolute atomic E-state index is 5.12. The zero-order chi connectivity index (χ0) is 12.3. The molecular formula is C15H19NO. The predicted molar refractivity (Wildman–Crippen MR) is 70.1 cm³/mol. The molecular weight excluding hydrogens is 210 g/mol. The average Bonchev–Trinajstić information content (AvgIpc) is 2.77. The molecule has 0 aliphatic heterocycles. The standard InChI is InChI=1S/C15H19NO/c1-11-6-12(2)8-14(7-11)15(16-3)9-13-4-5-17-10-13/h4-8,10,15-16H,9H2,1-3H3. The fraction of sp³-hybridized carbons (Fsp3) is 0.333. The molecule has 2 heteroatoms. The van der Waals surface area contributed by atoms with E-state index >= 15 is 0 Å². The van der Waals surface area contributed by atoms with Gasteiger partial charge in [0, 0.05) is 6.04 Å². The van der Waals surface area contributed by atoms with Crippen LogP contribution in [0.3, 0.4) is 0 Å². The fourth-order valence-corrected chi connectivity index (χ4v) is 2.24. The lowest BCUT2D eigenvalue weighted by Crippen LogP contribution is -2.18. The molecule has 1 atom stereocenters. The van der Waals surface area contributed by atoms with Crippen molar-refractivity contribution in [2.45, 2.75) is 26.3 Å². The van der Waals surface area contributed by atoms with Crippen LogP contribution in [0.5, 0.6) is 0 Å². The monoisotopic (exact) mass is 229 g/mol. The maximum atomic E-state index is 5.12. The molecule has 0 fully saturated rings. The third-order valence-corrected chi connectivity index (χ3v) is 3.01. The zero-order valence-electron chi connectivity index (χ0n) is 10.7. The van der Waals surface area contributed by atoms with Crippen molar-refractivity contribution >= 4 is 0 Å². The SMILES string of the molecule is CNC(Cc1ccoc1)c1cc(C)cc(C)c1. The molecule has 2 aromatic rings. The molecule has 0 spiro atoms. The Bertz CT molecular complexity index is 453. The van der Waals surface area contributed by atoms with E-state index in [1.807, 2.05) is 19.4 Å². The third kappa shape index (κ3) is 2.98. The molecule has 90 valence electrons. The molecule has 0 radical (unpaired) electrons. The molecule has 1 heterocycles. The Labute approximate surface area is 103 Å². The summed E-state index contributed by atoms with van der Waals surface area (Å²) in [6, 6.07) is 9.05. The minimum absolute atomic E-state index is 0.339. The second kappa shape index (κ2) is 5.19. The summed E-state index contributed by atoms with van der Waals surface area (Å²) < 4.78 is 5.12. The summed E-state index contributed by atoms with van der Waals surface area (Å²) in [5.74, 6) is 0. The number of benzene rings is 1. The largest absolute Gasteiger partial charge is 0.472 e. The van der Waals surface area contributed by atoms with Crippen molar-refractivity contribution in [3.05, 3.63) is 59.0 Å². The van der Waals surface area contributed by atoms with E-state index in [0.717, 1.165) is 6.42 Å². The highest BCUT2D eigenvalue weighted by molar-refractivity contribution is 5.31. The molecule has 1 N–H and O–H groups in total. The number of rotatable bonds is 4. The van der Waals surface area contributed by atoms with Crippen LogP contribution in [-0.2, 0) is 6.42 Å². The van der Waals surface area contributed by atoms with E-state index in [4.69, 9.17) is 4.42 Å². The summed E-state index contributed by atoms with van der Waals surface area (Å²) in [7, 11) is 2.00. The van der Waals surface area contributed by atoms with Gasteiger partial charge in [0.1, 0.15) is 0 Å². The zero-order valence-corrected chi connectivity index (χ0v) is 10.7. The van der Waals surface area contributed by atoms with E-state index in [1.165, 1.54) is 22.3 Å². The van der Waals surface area contributed by atoms with Crippen molar-refractivity contribution in [1.29, 1.82) is 0 Å². The highest BCUT2D eigenvalue weighted by atomic mass is 16.3. The van der Waals surface area contributed by atoms with Gasteiger partial charge in [0.05, 0.1) is 12.5 Å². The van der Waals surface area contributed by atoms with Gasteiger partial charge in [-0.05, 0) is 44.5 Å². The number of furan rings is 1. The molecule has 0 aliphatic carbocycles. The summed E-state index contributed by atoms with van der Waals surface area (Å²) in [6.07, 6.45) is 4.49. The van der Waals surface area contributed by atoms with Gasteiger partial charge in [-0.15, -0.1) is 0 Å². The molecule has 2 nitrogen and oxygen atoms in total. The lowest BCUT2D eigenvalue weighted by atomic mass is 9.97. The Hall–Kier alpha value is -1.54. The van der Waals surface area contributed by atoms with E-state index in [-0.39, 0.29) is 0 Å². The Balaban J connectivity index is 2.22. The van der Waals surface area contributed by atoms with Gasteiger partial charge in [0.2, 0.25) is 0 Å². The van der Waals surface area contributed by atoms with Gasteiger partial charge in [-0.2, -0.15) is 0 Å². The summed E-state index contributed by atoms with van der Waals surface area (Å²) in [5.41, 5.74) is 5.19. The first kappa shape index (κ1) is 11.9. The highest BCUT2D eigenvalue weighted by Crippen LogP contribution is 2.21. The van der Waals surface area contributed by atoms with Crippen LogP contribution in [-0.4, -0.2) is 7.05 Å². The number of nitrogens with one attached hydrogen (secondary N) is 1. The quantitative estimate of drug-likeness (QED) is 0.869. The summed E-state index contributed by atoms with van der Waals surface area (Å²) in [6.45, 7) is 4.28. The van der Waals surface area contributed by atoms with Crippen LogP contribution < -0.4 is 5.32 Å². The van der Waals surface area contributed by atoms with Gasteiger partial charge < -0.3 is 9.73 Å². The molecule has 2 rings (SSSR count). The van der Waals surface area contributed by atoms with E-state index in [9.17, 15) is 0 Å². The second-order valence-electron chi connectivity index (χ2n) is 4.60. The van der Waals surface area contributed by atoms with E-state index in [1.54, 1.807) is 6.26 Å². The van der Waals surface area contributed by atoms with Crippen molar-refractivity contribution in [2.75, 3.05) is 7.05 Å². The first-order chi connectivity index (χ1) is 8.19. The first-order valence-electron chi connectivity index (χ1n) is 5.95. The van der Waals surface area contributed by atoms with Crippen LogP contribution in [0.25, 0.3) is 0 Å². The van der Waals surface area contributed by atoms with Crippen LogP contribution in [0.15, 0.2) is 41.2 Å². The van der Waals surface area contributed by atoms with Crippen molar-refractivity contribution < 1.29 is 4.42 Å². The first-order valence-corrected chi connectivity index (χ1v) is 5.95. The van der Waals surface area contributed by atoms with Gasteiger partial charge in [0.15, 0.2) is 0 Å². The predicted octanol–water partition coefficient (Wildman–Crippen LogP) is 3.40. The minimum Gasteiger partial charge on any atom is -0.472 e. The number of likely N-dealkylation sites (N-methyl/N-ethyl adjacent to an activating group) is 1. The number of hydrogen-bond acceptors (Lipinski definition) is 2. The Morgan fingerprint density at radius 1 is 1.18 bits per heavy atom. The molecule has 1 unspecified atom stereocenters. The molecule has 0 amide bonds. The van der Waals surface area contributed by atoms with E-state index < -0.39 is 0 Å². The van der Waals surface area contributed by atoms with Crippen molar-refractivity contribution in [2.24, 2.45) is 0 Å². The van der Waals surface area contributed by atoms with Crippen LogP contribution in [0.4, 0.5) is 0 Å². The number of hydrogen-bond donors (Lipinski definition) is 1. The highest BCUT2D eigenvalue weighted by Gasteiger charge is 2.11. The molecule has 0 saturated heterocycles. The van der Waals surface area contributed by atoms with Gasteiger partial charge in [0.25, 0.3) is 0 Å². The van der Waals surface area contributed by atoms with Crippen molar-refractivity contribution in [3.63, 3.8) is 0 Å². The lowest BCUT2D eigenvalue weighted by molar-refractivity contribution is 0.551. The summed E-state index contributed by atoms with van der Waals surface area (Å²) in [5, 5.41) is 3.37. The van der Waals surface area contributed by atoms with Crippen molar-refractivity contribution in [3.8, 4) is 0 Å². The van der Waals surface area contributed by atoms with E-state index in [2.05, 4.69) is 37.4 Å². The smallest absolute Gasteiger partial charge is 0.0935 e. The molecule has 0 bridgehead atoms. The average molecular weight is 229 g/mol. The summed E-state index contributed by atoms with van der Waals surface area (Å²) in [4.78, 5) is 0. The lowest BCUT2D eigenvalue weighted by Gasteiger charge is -2.17. The Kier molecular flexibility index (Phi) is 3.64. The van der Waals surface area contributed by atoms with Gasteiger partial charge in [-0.1, -0.05) is 29.3 Å². The molecule has 1 aromatic heterocycles. The molecule has 17 heavy (non-hydrogen) atoms. The van der Waals surface area contributed by atoms with Crippen LogP contribution in [0, 0.1) is 13.8 Å². The van der Waals surface area contributed by atoms with Gasteiger partial charge >= 0.3 is 0 Å². The molecule has 1 aromatic carbocycles. The molecule has 0 saturated carbocycles. The minimum atomic E-state index is 0.339. The van der Waals surface area contributed by atoms with E-state index in [0.29, 0.717) is 6.04 Å². The van der Waals surface area contributed by atoms with Crippen LogP contribution in [0.2, 0.25) is 0 Å². The maximum Gasteiger partial charge on any atom is 0.0935 e. The van der Waals surface area contributed by atoms with Crippen LogP contribution in [0.1, 0.15) is 28.3 Å². The topological polar surface area (TPSA) is 25.2 Å². The fourth-order valence-electron chi connectivity index (χ4n) is 2.24. The van der Waals surface area contributed by atoms with Gasteiger partial charge in [-0.25, -0.2) is 0 Å². The number of aryl methyl sites for hydroxylation is 2. The summed E-state index contributed by atoms with van der Waals surface area (Å²) >= 11 is 0. The normalized spacial score (nSPS) is 12.6. The Morgan fingerprint density at radius 3 is 2.41 bits per heavy atom. The third-order valence-electron chi connectivity index (χ3n) is 3.01. The van der Waals surface area contributed by atoms with Crippen LogP contribution >= 0.6 is 0 Å². The van der Waals surface area contributed by atoms with Crippen molar-refractivity contribution in [1.82, 2.24) is 5.32 Å².